The van der Waals surface area contributed by atoms with Crippen molar-refractivity contribution in [2.24, 2.45) is 40.9 Å². The Morgan fingerprint density at radius 1 is 0.500 bits per heavy atom. The first-order valence-corrected chi connectivity index (χ1v) is 31.8. The number of H-pyrrole nitrogens is 1. The second-order valence-corrected chi connectivity index (χ2v) is 25.6. The number of nitrogens with zero attached hydrogens (tertiary/aromatic N) is 2. The molecule has 0 unspecified atom stereocenters. The van der Waals surface area contributed by atoms with E-state index in [0.29, 0.717) is 0 Å². The van der Waals surface area contributed by atoms with Crippen molar-refractivity contribution < 1.29 is 107 Å². The molecule has 2 heterocycles. The highest BCUT2D eigenvalue weighted by Crippen LogP contribution is 2.21. The molecule has 0 saturated carbocycles. The molecule has 1 aromatic heterocycles. The van der Waals surface area contributed by atoms with E-state index in [2.05, 4.69) is 63.1 Å². The first-order chi connectivity index (χ1) is 45.6. The number of aliphatic carboxylic acids is 4. The van der Waals surface area contributed by atoms with Crippen LogP contribution in [0.25, 0.3) is 0 Å². The fourth-order valence-corrected chi connectivity index (χ4v) is 10.2. The van der Waals surface area contributed by atoms with Crippen LogP contribution in [0.1, 0.15) is 145 Å². The molecule has 1 aliphatic heterocycles. The van der Waals surface area contributed by atoms with Crippen molar-refractivity contribution in [2.45, 2.75) is 224 Å². The van der Waals surface area contributed by atoms with Crippen LogP contribution in [-0.4, -0.2) is 226 Å². The summed E-state index contributed by atoms with van der Waals surface area (Å²) in [5.74, 6) is -22.3. The van der Waals surface area contributed by atoms with Crippen LogP contribution in [0.4, 0.5) is 0 Å². The number of imidazole rings is 1. The predicted octanol–water partition coefficient (Wildman–Crippen LogP) is -5.67. The van der Waals surface area contributed by atoms with Gasteiger partial charge in [0.2, 0.25) is 76.8 Å². The Kier molecular flexibility index (Phi) is 34.9. The second kappa shape index (κ2) is 40.6. The Hall–Kier alpha value is -9.88. The van der Waals surface area contributed by atoms with E-state index in [4.69, 9.17) is 17.2 Å². The Bertz CT molecular complexity index is 3020. The van der Waals surface area contributed by atoms with Crippen LogP contribution in [0.15, 0.2) is 12.5 Å². The normalized spacial score (nSPS) is 16.5. The van der Waals surface area contributed by atoms with Gasteiger partial charge in [0.05, 0.1) is 37.7 Å². The number of hydrogen-bond donors (Lipinski definition) is 19. The van der Waals surface area contributed by atoms with Gasteiger partial charge in [0.1, 0.15) is 66.5 Å². The van der Waals surface area contributed by atoms with E-state index >= 15 is 0 Å². The number of carboxylic acid groups (broad SMARTS) is 4. The van der Waals surface area contributed by atoms with Gasteiger partial charge in [-0.3, -0.25) is 76.7 Å². The number of nitrogens with two attached hydrogens (primary N) is 3. The second-order valence-electron chi connectivity index (χ2n) is 25.6. The highest BCUT2D eigenvalue weighted by Gasteiger charge is 2.42. The summed E-state index contributed by atoms with van der Waals surface area (Å²) in [6, 6.07) is -19.9. The Morgan fingerprint density at radius 2 is 0.939 bits per heavy atom. The smallest absolute Gasteiger partial charge is 0.326 e. The molecule has 1 saturated heterocycles. The highest BCUT2D eigenvalue weighted by molar-refractivity contribution is 6.01. The minimum atomic E-state index is -2.11. The molecule has 1 fully saturated rings. The fraction of sp³-hybridized carbons (Fsp3) is 0.667. The number of aromatic amines is 1. The van der Waals surface area contributed by atoms with E-state index in [1.807, 2.05) is 13.8 Å². The van der Waals surface area contributed by atoms with E-state index in [1.165, 1.54) is 33.3 Å². The first-order valence-electron chi connectivity index (χ1n) is 31.8. The number of carbonyl (C=O) groups excluding carboxylic acids is 13. The number of carboxylic acids is 4. The van der Waals surface area contributed by atoms with Gasteiger partial charge in [-0.2, -0.15) is 0 Å². The molecule has 1 aromatic rings. The van der Waals surface area contributed by atoms with Crippen molar-refractivity contribution in [3.8, 4) is 0 Å². The summed E-state index contributed by atoms with van der Waals surface area (Å²) in [6.07, 6.45) is -4.98. The van der Waals surface area contributed by atoms with Gasteiger partial charge in [-0.05, 0) is 75.5 Å². The molecule has 2 rings (SSSR count). The SMILES string of the molecule is CC(C)C[C@H](NC(=O)[C@H](CC(N)=O)NC(=O)[C@H](CC(C)C)NC(=O)[C@@H](NC(=O)[C@@H](N)CC(C)C)[C@@H](C)O)C(=O)N[C@@H](CCC(=O)O)C(=O)N[C@@H](CC(=O)O)C(=O)N[C@H](C(=O)N[C@@H](CCC(N)=O)C(=O)N1CCC[C@H]1C(=O)N[C@@H](Cc1cnc[nH]1)C(=O)N[C@@H](CC(=O)O)C(=O)O)C(C)C. The molecule has 13 atom stereocenters. The molecule has 22 N–H and O–H groups in total. The molecule has 0 bridgehead atoms. The van der Waals surface area contributed by atoms with Gasteiger partial charge in [-0.25, -0.2) is 9.78 Å². The van der Waals surface area contributed by atoms with E-state index in [9.17, 15) is 107 Å². The van der Waals surface area contributed by atoms with Crippen molar-refractivity contribution in [1.82, 2.24) is 68.0 Å². The largest absolute Gasteiger partial charge is 0.481 e. The summed E-state index contributed by atoms with van der Waals surface area (Å²) in [7, 11) is 0. The minimum absolute atomic E-state index is 0.0114. The van der Waals surface area contributed by atoms with Gasteiger partial charge < -0.3 is 106 Å². The van der Waals surface area contributed by atoms with Gasteiger partial charge >= 0.3 is 23.9 Å². The van der Waals surface area contributed by atoms with Crippen molar-refractivity contribution in [3.05, 3.63) is 18.2 Å². The van der Waals surface area contributed by atoms with Crippen LogP contribution >= 0.6 is 0 Å². The first kappa shape index (κ1) is 84.2. The van der Waals surface area contributed by atoms with Crippen LogP contribution in [-0.2, 0) is 87.9 Å². The topological polar surface area (TPSA) is 622 Å². The number of aliphatic hydroxyl groups is 1. The zero-order valence-electron chi connectivity index (χ0n) is 56.2. The number of amides is 13. The maximum Gasteiger partial charge on any atom is 0.326 e. The lowest BCUT2D eigenvalue weighted by molar-refractivity contribution is -0.147. The van der Waals surface area contributed by atoms with Gasteiger partial charge in [-0.15, -0.1) is 0 Å². The molecule has 0 spiro atoms. The number of likely N-dealkylation sites (tertiary alicyclic amines) is 1. The van der Waals surface area contributed by atoms with E-state index in [0.717, 1.165) is 4.90 Å². The number of hydrogen-bond acceptors (Lipinski definition) is 20. The maximum absolute atomic E-state index is 14.4. The standard InChI is InChI=1S/C60H96N16O22/c1-26(2)17-32(61)49(86)75-48(30(9)77)58(95)72-36(19-28(5)6)52(89)69-38(21-43(63)79)54(91)68-35(18-27(3)4)51(88)66-33(13-15-44(80)81)50(87)70-39(22-45(82)83)55(92)74-47(29(7)8)57(94)67-34(12-14-42(62)78)59(96)76-16-10-11-41(76)56(93)71-37(20-31-24-64-25-65-31)53(90)73-40(60(97)98)23-46(84)85/h24-30,32-41,47-48,77H,10-23,61H2,1-9H3,(H2,62,78)(H2,63,79)(H,64,65)(H,66,88)(H,67,94)(H,68,91)(H,69,89)(H,70,87)(H,71,93)(H,72,95)(H,73,90)(H,74,92)(H,75,86)(H,80,81)(H,82,83)(H,84,85)(H,97,98)/t30-,32+,33+,34+,35+,36+,37+,38+,39+,40+,41+,47+,48+/m1/s1. The molecule has 0 radical (unpaired) electrons. The molecule has 0 aliphatic carbocycles. The van der Waals surface area contributed by atoms with Crippen LogP contribution in [0.3, 0.4) is 0 Å². The third-order valence-electron chi connectivity index (χ3n) is 15.1. The van der Waals surface area contributed by atoms with Gasteiger partial charge in [0, 0.05) is 37.7 Å². The highest BCUT2D eigenvalue weighted by atomic mass is 16.4. The Morgan fingerprint density at radius 3 is 1.42 bits per heavy atom. The number of rotatable bonds is 44. The quantitative estimate of drug-likeness (QED) is 0.0290. The molecule has 98 heavy (non-hydrogen) atoms. The van der Waals surface area contributed by atoms with Gasteiger partial charge in [0.25, 0.3) is 0 Å². The summed E-state index contributed by atoms with van der Waals surface area (Å²) < 4.78 is 0. The third kappa shape index (κ3) is 29.6. The third-order valence-corrected chi connectivity index (χ3v) is 15.1. The van der Waals surface area contributed by atoms with Crippen molar-refractivity contribution in [2.75, 3.05) is 6.54 Å². The maximum atomic E-state index is 14.4. The summed E-state index contributed by atoms with van der Waals surface area (Å²) in [4.78, 5) is 233. The van der Waals surface area contributed by atoms with Crippen molar-refractivity contribution in [1.29, 1.82) is 0 Å². The number of aliphatic hydroxyl groups excluding tert-OH is 1. The molecular formula is C60H96N16O22. The summed E-state index contributed by atoms with van der Waals surface area (Å²) in [5.41, 5.74) is 17.2. The summed E-state index contributed by atoms with van der Waals surface area (Å²) in [6.45, 7) is 14.1. The predicted molar refractivity (Wildman–Crippen MR) is 340 cm³/mol. The lowest BCUT2D eigenvalue weighted by atomic mass is 10.00. The van der Waals surface area contributed by atoms with Gasteiger partial charge in [0.15, 0.2) is 0 Å². The van der Waals surface area contributed by atoms with Crippen LogP contribution in [0, 0.1) is 23.7 Å². The molecular weight excluding hydrogens is 1300 g/mol. The van der Waals surface area contributed by atoms with Crippen LogP contribution in [0.2, 0.25) is 0 Å². The van der Waals surface area contributed by atoms with Crippen LogP contribution in [0.5, 0.6) is 0 Å². The zero-order chi connectivity index (χ0) is 74.6. The number of nitrogens with one attached hydrogen (secondary N) is 11. The lowest BCUT2D eigenvalue weighted by Gasteiger charge is -2.31. The monoisotopic (exact) mass is 1390 g/mol. The molecule has 13 amide bonds. The van der Waals surface area contributed by atoms with E-state index in [-0.39, 0.29) is 62.6 Å². The summed E-state index contributed by atoms with van der Waals surface area (Å²) >= 11 is 0. The molecule has 1 aliphatic rings. The van der Waals surface area contributed by atoms with Crippen molar-refractivity contribution >= 4 is 101 Å². The van der Waals surface area contributed by atoms with E-state index in [1.54, 1.807) is 27.7 Å². The Labute approximate surface area is 564 Å². The summed E-state index contributed by atoms with van der Waals surface area (Å²) in [5, 5.41) is 72.3. The number of carbonyl (C=O) groups is 17. The molecule has 0 aromatic carbocycles. The van der Waals surface area contributed by atoms with Crippen molar-refractivity contribution in [3.63, 3.8) is 0 Å². The average Bonchev–Trinajstić information content (AvgIpc) is 1.63. The molecule has 38 nitrogen and oxygen atoms in total. The zero-order valence-corrected chi connectivity index (χ0v) is 56.2. The average molecular weight is 1390 g/mol. The number of aromatic nitrogens is 2. The minimum Gasteiger partial charge on any atom is -0.481 e. The fourth-order valence-electron chi connectivity index (χ4n) is 10.2. The molecule has 38 heteroatoms. The van der Waals surface area contributed by atoms with Gasteiger partial charge in [-0.1, -0.05) is 55.4 Å². The lowest BCUT2D eigenvalue weighted by Crippen LogP contribution is -2.62. The molecule has 548 valence electrons. The van der Waals surface area contributed by atoms with Crippen LogP contribution < -0.4 is 70.4 Å². The Balaban J connectivity index is 2.47. The number of primary amides is 2. The van der Waals surface area contributed by atoms with E-state index < -0.39 is 236 Å².